The van der Waals surface area contributed by atoms with Gasteiger partial charge in [0.2, 0.25) is 0 Å². The summed E-state index contributed by atoms with van der Waals surface area (Å²) in [6.45, 7) is 1.82. The SMILES string of the molecule is CN/C(C)=N\C(Cl)=C/CCl. The van der Waals surface area contributed by atoms with Crippen molar-refractivity contribution >= 4 is 29.0 Å². The zero-order chi connectivity index (χ0) is 7.98. The van der Waals surface area contributed by atoms with Gasteiger partial charge >= 0.3 is 0 Å². The van der Waals surface area contributed by atoms with Crippen LogP contribution in [0.5, 0.6) is 0 Å². The number of allylic oxidation sites excluding steroid dienone is 1. The van der Waals surface area contributed by atoms with Crippen molar-refractivity contribution in [1.29, 1.82) is 0 Å². The van der Waals surface area contributed by atoms with E-state index >= 15 is 0 Å². The third kappa shape index (κ3) is 4.65. The Bertz CT molecular complexity index is 152. The number of nitrogens with zero attached hydrogens (tertiary/aromatic N) is 1. The van der Waals surface area contributed by atoms with Crippen LogP contribution in [-0.4, -0.2) is 18.8 Å². The van der Waals surface area contributed by atoms with Crippen molar-refractivity contribution in [3.05, 3.63) is 11.2 Å². The zero-order valence-electron chi connectivity index (χ0n) is 5.99. The van der Waals surface area contributed by atoms with Crippen molar-refractivity contribution in [1.82, 2.24) is 5.32 Å². The van der Waals surface area contributed by atoms with Crippen LogP contribution in [0.25, 0.3) is 0 Å². The topological polar surface area (TPSA) is 24.4 Å². The van der Waals surface area contributed by atoms with Crippen LogP contribution >= 0.6 is 23.2 Å². The van der Waals surface area contributed by atoms with E-state index in [1.165, 1.54) is 0 Å². The molecule has 0 saturated heterocycles. The lowest BCUT2D eigenvalue weighted by atomic mass is 10.6. The smallest absolute Gasteiger partial charge is 0.128 e. The average molecular weight is 181 g/mol. The number of amidine groups is 1. The maximum absolute atomic E-state index is 5.60. The second-order valence-electron chi connectivity index (χ2n) is 1.63. The van der Waals surface area contributed by atoms with Gasteiger partial charge in [-0.3, -0.25) is 0 Å². The quantitative estimate of drug-likeness (QED) is 0.299. The van der Waals surface area contributed by atoms with E-state index in [0.717, 1.165) is 5.84 Å². The summed E-state index contributed by atoms with van der Waals surface area (Å²) in [6, 6.07) is 0. The Morgan fingerprint density at radius 1 is 1.70 bits per heavy atom. The summed E-state index contributed by atoms with van der Waals surface area (Å²) in [5, 5.41) is 3.25. The monoisotopic (exact) mass is 180 g/mol. The molecule has 0 atom stereocenters. The Hall–Kier alpha value is -0.210. The molecular formula is C6H10Cl2N2. The first-order valence-electron chi connectivity index (χ1n) is 2.85. The zero-order valence-corrected chi connectivity index (χ0v) is 7.50. The molecule has 0 aliphatic heterocycles. The summed E-state index contributed by atoms with van der Waals surface area (Å²) >= 11 is 11.0. The second-order valence-corrected chi connectivity index (χ2v) is 2.32. The van der Waals surface area contributed by atoms with E-state index in [1.807, 2.05) is 6.92 Å². The van der Waals surface area contributed by atoms with Gasteiger partial charge in [0, 0.05) is 12.9 Å². The standard InChI is InChI=1S/C6H10Cl2N2/c1-5(9-2)10-6(8)3-4-7/h3H,4H2,1-2H3,(H,9,10)/b6-3-. The van der Waals surface area contributed by atoms with E-state index in [-0.39, 0.29) is 0 Å². The van der Waals surface area contributed by atoms with Gasteiger partial charge in [-0.25, -0.2) is 4.99 Å². The molecule has 0 rings (SSSR count). The molecule has 10 heavy (non-hydrogen) atoms. The second kappa shape index (κ2) is 5.57. The van der Waals surface area contributed by atoms with Gasteiger partial charge in [0.1, 0.15) is 5.16 Å². The van der Waals surface area contributed by atoms with Gasteiger partial charge < -0.3 is 5.32 Å². The molecule has 0 aromatic heterocycles. The summed E-state index contributed by atoms with van der Waals surface area (Å²) in [5.74, 6) is 1.16. The Morgan fingerprint density at radius 2 is 2.30 bits per heavy atom. The van der Waals surface area contributed by atoms with Crippen molar-refractivity contribution in [2.45, 2.75) is 6.92 Å². The maximum Gasteiger partial charge on any atom is 0.128 e. The fourth-order valence-corrected chi connectivity index (χ4v) is 0.754. The van der Waals surface area contributed by atoms with Crippen LogP contribution < -0.4 is 5.32 Å². The fourth-order valence-electron chi connectivity index (χ4n) is 0.325. The average Bonchev–Trinajstić information content (AvgIpc) is 1.88. The number of nitrogens with one attached hydrogen (secondary N) is 1. The number of rotatable bonds is 2. The van der Waals surface area contributed by atoms with Crippen LogP contribution in [0, 0.1) is 0 Å². The third-order valence-corrected chi connectivity index (χ3v) is 1.28. The van der Waals surface area contributed by atoms with Crippen molar-refractivity contribution < 1.29 is 0 Å². The molecule has 0 aliphatic carbocycles. The van der Waals surface area contributed by atoms with Gasteiger partial charge in [0.25, 0.3) is 0 Å². The van der Waals surface area contributed by atoms with E-state index in [0.29, 0.717) is 11.0 Å². The molecule has 1 N–H and O–H groups in total. The lowest BCUT2D eigenvalue weighted by Crippen LogP contribution is -2.13. The normalized spacial score (nSPS) is 13.6. The summed E-state index contributed by atoms with van der Waals surface area (Å²) < 4.78 is 0. The van der Waals surface area contributed by atoms with Crippen molar-refractivity contribution in [3.8, 4) is 0 Å². The predicted molar refractivity (Wildman–Crippen MR) is 46.8 cm³/mol. The number of alkyl halides is 1. The summed E-state index contributed by atoms with van der Waals surface area (Å²) in [7, 11) is 1.78. The molecule has 0 fully saturated rings. The number of hydrogen-bond acceptors (Lipinski definition) is 1. The number of hydrogen-bond donors (Lipinski definition) is 1. The van der Waals surface area contributed by atoms with Crippen LogP contribution in [0.4, 0.5) is 0 Å². The summed E-state index contributed by atoms with van der Waals surface area (Å²) in [5.41, 5.74) is 0. The molecule has 0 radical (unpaired) electrons. The first-order valence-corrected chi connectivity index (χ1v) is 3.76. The Kier molecular flexibility index (Phi) is 5.45. The highest BCUT2D eigenvalue weighted by atomic mass is 35.5. The summed E-state index contributed by atoms with van der Waals surface area (Å²) in [4.78, 5) is 3.93. The predicted octanol–water partition coefficient (Wildman–Crippen LogP) is 1.94. The van der Waals surface area contributed by atoms with Gasteiger partial charge in [-0.1, -0.05) is 11.6 Å². The van der Waals surface area contributed by atoms with Gasteiger partial charge in [0.15, 0.2) is 0 Å². The molecule has 4 heteroatoms. The van der Waals surface area contributed by atoms with Gasteiger partial charge in [-0.15, -0.1) is 11.6 Å². The van der Waals surface area contributed by atoms with Crippen LogP contribution in [0.2, 0.25) is 0 Å². The Labute approximate surface area is 70.9 Å². The number of aliphatic imine (C=N–C) groups is 1. The lowest BCUT2D eigenvalue weighted by Gasteiger charge is -1.95. The van der Waals surface area contributed by atoms with E-state index in [2.05, 4.69) is 10.3 Å². The van der Waals surface area contributed by atoms with E-state index in [4.69, 9.17) is 23.2 Å². The minimum absolute atomic E-state index is 0.388. The molecule has 0 aromatic carbocycles. The lowest BCUT2D eigenvalue weighted by molar-refractivity contribution is 1.14. The first kappa shape index (κ1) is 9.79. The van der Waals surface area contributed by atoms with Crippen molar-refractivity contribution in [2.24, 2.45) is 4.99 Å². The molecule has 0 amide bonds. The van der Waals surface area contributed by atoms with E-state index < -0.39 is 0 Å². The number of halogens is 2. The third-order valence-electron chi connectivity index (χ3n) is 0.882. The molecule has 0 aromatic rings. The fraction of sp³-hybridized carbons (Fsp3) is 0.500. The molecular weight excluding hydrogens is 171 g/mol. The largest absolute Gasteiger partial charge is 0.377 e. The van der Waals surface area contributed by atoms with Crippen LogP contribution in [0.15, 0.2) is 16.2 Å². The highest BCUT2D eigenvalue weighted by Gasteiger charge is 1.87. The van der Waals surface area contributed by atoms with E-state index in [1.54, 1.807) is 13.1 Å². The minimum atomic E-state index is 0.388. The van der Waals surface area contributed by atoms with Crippen LogP contribution in [0.1, 0.15) is 6.92 Å². The highest BCUT2D eigenvalue weighted by molar-refractivity contribution is 6.30. The van der Waals surface area contributed by atoms with Gasteiger partial charge in [0.05, 0.1) is 5.84 Å². The van der Waals surface area contributed by atoms with Crippen LogP contribution in [-0.2, 0) is 0 Å². The highest BCUT2D eigenvalue weighted by Crippen LogP contribution is 2.02. The molecule has 0 heterocycles. The molecule has 0 aliphatic rings. The van der Waals surface area contributed by atoms with Crippen LogP contribution in [0.3, 0.4) is 0 Å². The summed E-state index contributed by atoms with van der Waals surface area (Å²) in [6.07, 6.45) is 1.63. The Morgan fingerprint density at radius 3 is 2.70 bits per heavy atom. The van der Waals surface area contributed by atoms with Crippen molar-refractivity contribution in [2.75, 3.05) is 12.9 Å². The van der Waals surface area contributed by atoms with Gasteiger partial charge in [-0.2, -0.15) is 0 Å². The Balaban J connectivity index is 3.98. The van der Waals surface area contributed by atoms with Gasteiger partial charge in [-0.05, 0) is 13.0 Å². The molecule has 2 nitrogen and oxygen atoms in total. The van der Waals surface area contributed by atoms with Crippen molar-refractivity contribution in [3.63, 3.8) is 0 Å². The minimum Gasteiger partial charge on any atom is -0.377 e. The molecule has 0 saturated carbocycles. The molecule has 0 unspecified atom stereocenters. The van der Waals surface area contributed by atoms with E-state index in [9.17, 15) is 0 Å². The molecule has 58 valence electrons. The molecule has 0 bridgehead atoms. The first-order chi connectivity index (χ1) is 4.70. The maximum atomic E-state index is 5.60. The molecule has 0 spiro atoms.